The van der Waals surface area contributed by atoms with Crippen LogP contribution in [0.15, 0.2) is 42.5 Å². The summed E-state index contributed by atoms with van der Waals surface area (Å²) in [7, 11) is 1.79. The van der Waals surface area contributed by atoms with Crippen molar-refractivity contribution in [3.63, 3.8) is 0 Å². The molecule has 1 unspecified atom stereocenters. The molecular weight excluding hydrogens is 270 g/mol. The monoisotopic (exact) mass is 290 g/mol. The van der Waals surface area contributed by atoms with Crippen LogP contribution in [0.4, 0.5) is 20.2 Å². The van der Waals surface area contributed by atoms with Crippen LogP contribution in [0.2, 0.25) is 0 Å². The number of para-hydroxylation sites is 1. The highest BCUT2D eigenvalue weighted by atomic mass is 19.1. The number of benzene rings is 2. The van der Waals surface area contributed by atoms with Crippen LogP contribution in [0.5, 0.6) is 0 Å². The van der Waals surface area contributed by atoms with E-state index in [1.54, 1.807) is 30.1 Å². The Morgan fingerprint density at radius 2 is 1.76 bits per heavy atom. The van der Waals surface area contributed by atoms with Gasteiger partial charge >= 0.3 is 0 Å². The van der Waals surface area contributed by atoms with Crippen molar-refractivity contribution >= 4 is 11.4 Å². The van der Waals surface area contributed by atoms with Crippen LogP contribution in [0.25, 0.3) is 0 Å². The van der Waals surface area contributed by atoms with Crippen molar-refractivity contribution in [2.45, 2.75) is 19.9 Å². The Balaban J connectivity index is 2.44. The third-order valence-corrected chi connectivity index (χ3v) is 3.54. The second kappa shape index (κ2) is 6.68. The second-order valence-corrected chi connectivity index (χ2v) is 4.99. The van der Waals surface area contributed by atoms with Gasteiger partial charge in [-0.25, -0.2) is 8.78 Å². The molecule has 21 heavy (non-hydrogen) atoms. The molecule has 0 saturated carbocycles. The molecule has 0 saturated heterocycles. The molecule has 1 N–H and O–H groups in total. The molecule has 1 atom stereocenters. The minimum atomic E-state index is -0.304. The first-order chi connectivity index (χ1) is 10.0. The van der Waals surface area contributed by atoms with Crippen molar-refractivity contribution in [3.8, 4) is 0 Å². The summed E-state index contributed by atoms with van der Waals surface area (Å²) in [4.78, 5) is 1.75. The van der Waals surface area contributed by atoms with Gasteiger partial charge in [0.25, 0.3) is 0 Å². The fourth-order valence-electron chi connectivity index (χ4n) is 2.45. The van der Waals surface area contributed by atoms with Gasteiger partial charge in [0.15, 0.2) is 0 Å². The smallest absolute Gasteiger partial charge is 0.147 e. The quantitative estimate of drug-likeness (QED) is 0.878. The Labute approximate surface area is 124 Å². The molecule has 4 heteroatoms. The average Bonchev–Trinajstić information content (AvgIpc) is 2.47. The normalized spacial score (nSPS) is 12.2. The highest BCUT2D eigenvalue weighted by Gasteiger charge is 2.18. The van der Waals surface area contributed by atoms with Crippen molar-refractivity contribution in [3.05, 3.63) is 59.7 Å². The molecule has 112 valence electrons. The maximum Gasteiger partial charge on any atom is 0.147 e. The molecule has 0 aliphatic heterocycles. The third kappa shape index (κ3) is 3.39. The van der Waals surface area contributed by atoms with Crippen LogP contribution in [0, 0.1) is 11.6 Å². The zero-order chi connectivity index (χ0) is 15.4. The molecule has 0 heterocycles. The number of rotatable bonds is 5. The summed E-state index contributed by atoms with van der Waals surface area (Å²) >= 11 is 0. The minimum absolute atomic E-state index is 0.0311. The van der Waals surface area contributed by atoms with Crippen molar-refractivity contribution < 1.29 is 8.78 Å². The fourth-order valence-corrected chi connectivity index (χ4v) is 2.45. The average molecular weight is 290 g/mol. The number of anilines is 2. The molecule has 0 radical (unpaired) electrons. The summed E-state index contributed by atoms with van der Waals surface area (Å²) in [5.74, 6) is -0.592. The summed E-state index contributed by atoms with van der Waals surface area (Å²) in [5, 5.41) is 3.29. The molecule has 2 nitrogen and oxygen atoms in total. The molecule has 0 fully saturated rings. The van der Waals surface area contributed by atoms with Crippen LogP contribution >= 0.6 is 0 Å². The van der Waals surface area contributed by atoms with E-state index in [9.17, 15) is 8.78 Å². The third-order valence-electron chi connectivity index (χ3n) is 3.54. The second-order valence-electron chi connectivity index (χ2n) is 4.99. The Morgan fingerprint density at radius 3 is 2.38 bits per heavy atom. The standard InChI is InChI=1S/C17H20F2N2/c1-4-20-12(2)15-6-5-7-16(19)17(15)21(3)14-10-8-13(18)9-11-14/h5-12,20H,4H2,1-3H3. The predicted octanol–water partition coefficient (Wildman–Crippen LogP) is 4.40. The highest BCUT2D eigenvalue weighted by molar-refractivity contribution is 5.67. The Bertz CT molecular complexity index is 596. The molecule has 0 aromatic heterocycles. The largest absolute Gasteiger partial charge is 0.342 e. The number of hydrogen-bond donors (Lipinski definition) is 1. The van der Waals surface area contributed by atoms with Crippen LogP contribution in [0.3, 0.4) is 0 Å². The van der Waals surface area contributed by atoms with Gasteiger partial charge in [-0.3, -0.25) is 0 Å². The van der Waals surface area contributed by atoms with Gasteiger partial charge in [0.05, 0.1) is 5.69 Å². The lowest BCUT2D eigenvalue weighted by Crippen LogP contribution is -2.22. The zero-order valence-electron chi connectivity index (χ0n) is 12.5. The molecule has 0 aliphatic carbocycles. The predicted molar refractivity (Wildman–Crippen MR) is 83.0 cm³/mol. The lowest BCUT2D eigenvalue weighted by Gasteiger charge is -2.26. The first-order valence-electron chi connectivity index (χ1n) is 7.05. The maximum atomic E-state index is 14.3. The number of halogens is 2. The summed E-state index contributed by atoms with van der Waals surface area (Å²) in [5.41, 5.74) is 2.13. The summed E-state index contributed by atoms with van der Waals surface area (Å²) in [6.07, 6.45) is 0. The van der Waals surface area contributed by atoms with Gasteiger partial charge in [0.1, 0.15) is 11.6 Å². The highest BCUT2D eigenvalue weighted by Crippen LogP contribution is 2.33. The molecule has 0 spiro atoms. The van der Waals surface area contributed by atoms with Gasteiger partial charge in [-0.2, -0.15) is 0 Å². The van der Waals surface area contributed by atoms with E-state index >= 15 is 0 Å². The van der Waals surface area contributed by atoms with Gasteiger partial charge < -0.3 is 10.2 Å². The first kappa shape index (κ1) is 15.4. The van der Waals surface area contributed by atoms with E-state index in [2.05, 4.69) is 5.32 Å². The summed E-state index contributed by atoms with van der Waals surface area (Å²) < 4.78 is 27.4. The van der Waals surface area contributed by atoms with E-state index in [4.69, 9.17) is 0 Å². The van der Waals surface area contributed by atoms with Gasteiger partial charge in [-0.1, -0.05) is 19.1 Å². The van der Waals surface area contributed by atoms with Crippen LogP contribution in [-0.2, 0) is 0 Å². The topological polar surface area (TPSA) is 15.3 Å². The zero-order valence-corrected chi connectivity index (χ0v) is 12.5. The lowest BCUT2D eigenvalue weighted by atomic mass is 10.0. The van der Waals surface area contributed by atoms with Crippen molar-refractivity contribution in [2.24, 2.45) is 0 Å². The van der Waals surface area contributed by atoms with E-state index in [0.717, 1.165) is 17.8 Å². The molecule has 2 rings (SSSR count). The van der Waals surface area contributed by atoms with E-state index in [0.29, 0.717) is 5.69 Å². The molecular formula is C17H20F2N2. The van der Waals surface area contributed by atoms with E-state index in [1.165, 1.54) is 18.2 Å². The van der Waals surface area contributed by atoms with Crippen LogP contribution < -0.4 is 10.2 Å². The van der Waals surface area contributed by atoms with Crippen molar-refractivity contribution in [1.82, 2.24) is 5.32 Å². The van der Waals surface area contributed by atoms with E-state index < -0.39 is 0 Å². The van der Waals surface area contributed by atoms with Crippen LogP contribution in [-0.4, -0.2) is 13.6 Å². The fraction of sp³-hybridized carbons (Fsp3) is 0.294. The first-order valence-corrected chi connectivity index (χ1v) is 7.05. The summed E-state index contributed by atoms with van der Waals surface area (Å²) in [6.45, 7) is 4.82. The van der Waals surface area contributed by atoms with Crippen molar-refractivity contribution in [2.75, 3.05) is 18.5 Å². The SMILES string of the molecule is CCNC(C)c1cccc(F)c1N(C)c1ccc(F)cc1. The summed E-state index contributed by atoms with van der Waals surface area (Å²) in [6, 6.07) is 11.1. The molecule has 0 bridgehead atoms. The molecule has 2 aromatic rings. The minimum Gasteiger partial charge on any atom is -0.342 e. The lowest BCUT2D eigenvalue weighted by molar-refractivity contribution is 0.583. The number of hydrogen-bond acceptors (Lipinski definition) is 2. The Morgan fingerprint density at radius 1 is 1.10 bits per heavy atom. The molecule has 0 amide bonds. The number of nitrogens with one attached hydrogen (secondary N) is 1. The molecule has 0 aliphatic rings. The van der Waals surface area contributed by atoms with Crippen molar-refractivity contribution in [1.29, 1.82) is 0 Å². The van der Waals surface area contributed by atoms with Gasteiger partial charge in [0, 0.05) is 18.8 Å². The Kier molecular flexibility index (Phi) is 4.91. The maximum absolute atomic E-state index is 14.3. The van der Waals surface area contributed by atoms with Gasteiger partial charge in [-0.05, 0) is 49.4 Å². The number of nitrogens with zero attached hydrogens (tertiary/aromatic N) is 1. The van der Waals surface area contributed by atoms with E-state index in [1.807, 2.05) is 19.9 Å². The molecule has 2 aromatic carbocycles. The van der Waals surface area contributed by atoms with Gasteiger partial charge in [0.2, 0.25) is 0 Å². The van der Waals surface area contributed by atoms with E-state index in [-0.39, 0.29) is 17.7 Å². The Hall–Kier alpha value is -1.94. The van der Waals surface area contributed by atoms with Crippen LogP contribution in [0.1, 0.15) is 25.5 Å². The van der Waals surface area contributed by atoms with Gasteiger partial charge in [-0.15, -0.1) is 0 Å².